The minimum absolute atomic E-state index is 0.200. The minimum atomic E-state index is 0.200. The van der Waals surface area contributed by atoms with Crippen molar-refractivity contribution in [1.29, 1.82) is 0 Å². The molecule has 108 valence electrons. The van der Waals surface area contributed by atoms with E-state index >= 15 is 0 Å². The molecule has 3 fully saturated rings. The van der Waals surface area contributed by atoms with Crippen molar-refractivity contribution >= 4 is 5.84 Å². The molecule has 5 nitrogen and oxygen atoms in total. The average Bonchev–Trinajstić information content (AvgIpc) is 2.87. The lowest BCUT2D eigenvalue weighted by atomic mass is 9.83. The number of ether oxygens (including phenoxy) is 1. The van der Waals surface area contributed by atoms with Gasteiger partial charge in [-0.2, -0.15) is 0 Å². The maximum absolute atomic E-state index is 5.11. The fourth-order valence-electron chi connectivity index (χ4n) is 3.73. The zero-order valence-electron chi connectivity index (χ0n) is 12.0. The lowest BCUT2D eigenvalue weighted by Crippen LogP contribution is -2.67. The van der Waals surface area contributed by atoms with E-state index in [0.29, 0.717) is 6.04 Å². The second-order valence-electron chi connectivity index (χ2n) is 5.93. The number of hydrogen-bond donors (Lipinski definition) is 2. The molecule has 2 N–H and O–H groups in total. The third-order valence-corrected chi connectivity index (χ3v) is 4.78. The van der Waals surface area contributed by atoms with Gasteiger partial charge in [0.25, 0.3) is 0 Å². The summed E-state index contributed by atoms with van der Waals surface area (Å²) < 4.78 is 5.11. The van der Waals surface area contributed by atoms with Crippen LogP contribution in [-0.2, 0) is 4.74 Å². The van der Waals surface area contributed by atoms with E-state index < -0.39 is 0 Å². The molecule has 3 heterocycles. The molecular formula is C14H26N4O. The number of aliphatic imine (C=N–C) groups is 1. The van der Waals surface area contributed by atoms with Gasteiger partial charge in [0.15, 0.2) is 0 Å². The van der Waals surface area contributed by atoms with Crippen molar-refractivity contribution in [2.24, 2.45) is 4.99 Å². The van der Waals surface area contributed by atoms with Gasteiger partial charge in [-0.05, 0) is 38.8 Å². The smallest absolute Gasteiger partial charge is 0.117 e. The maximum atomic E-state index is 5.11. The van der Waals surface area contributed by atoms with Gasteiger partial charge < -0.3 is 15.4 Å². The Hall–Kier alpha value is -0.650. The summed E-state index contributed by atoms with van der Waals surface area (Å²) in [6, 6.07) is 0.627. The first-order valence-corrected chi connectivity index (χ1v) is 7.61. The monoisotopic (exact) mass is 266 g/mol. The molecule has 2 bridgehead atoms. The summed E-state index contributed by atoms with van der Waals surface area (Å²) in [5.41, 5.74) is 0.200. The van der Waals surface area contributed by atoms with Crippen molar-refractivity contribution in [2.45, 2.75) is 37.3 Å². The van der Waals surface area contributed by atoms with Gasteiger partial charge in [0.1, 0.15) is 5.84 Å². The third-order valence-electron chi connectivity index (χ3n) is 4.78. The fourth-order valence-corrected chi connectivity index (χ4v) is 3.73. The molecule has 0 aromatic heterocycles. The summed E-state index contributed by atoms with van der Waals surface area (Å²) in [5, 5.41) is 7.20. The predicted molar refractivity (Wildman–Crippen MR) is 76.7 cm³/mol. The van der Waals surface area contributed by atoms with Gasteiger partial charge >= 0.3 is 0 Å². The SMILES string of the molecule is COCCCN=C1N[C@H]2CCN(C2)C12CCNCC2. The molecule has 3 aliphatic heterocycles. The average molecular weight is 266 g/mol. The summed E-state index contributed by atoms with van der Waals surface area (Å²) >= 11 is 0. The molecule has 3 aliphatic rings. The maximum Gasteiger partial charge on any atom is 0.117 e. The van der Waals surface area contributed by atoms with Crippen molar-refractivity contribution < 1.29 is 4.74 Å². The molecule has 0 aromatic carbocycles. The molecule has 0 saturated carbocycles. The van der Waals surface area contributed by atoms with E-state index in [1.165, 1.54) is 38.2 Å². The first kappa shape index (κ1) is 13.3. The normalized spacial score (nSPS) is 34.7. The van der Waals surface area contributed by atoms with Crippen molar-refractivity contribution in [3.05, 3.63) is 0 Å². The number of hydrogen-bond acceptors (Lipinski definition) is 4. The van der Waals surface area contributed by atoms with Crippen LogP contribution in [0.4, 0.5) is 0 Å². The molecule has 1 unspecified atom stereocenters. The fraction of sp³-hybridized carbons (Fsp3) is 0.929. The quantitative estimate of drug-likeness (QED) is 0.715. The van der Waals surface area contributed by atoms with Crippen molar-refractivity contribution in [3.8, 4) is 0 Å². The molecule has 0 radical (unpaired) electrons. The molecule has 0 aliphatic carbocycles. The van der Waals surface area contributed by atoms with E-state index in [0.717, 1.165) is 32.7 Å². The van der Waals surface area contributed by atoms with Crippen LogP contribution in [0.1, 0.15) is 25.7 Å². The number of methoxy groups -OCH3 is 1. The molecule has 2 atom stereocenters. The second kappa shape index (κ2) is 5.77. The minimum Gasteiger partial charge on any atom is -0.385 e. The number of nitrogens with zero attached hydrogens (tertiary/aromatic N) is 2. The third kappa shape index (κ3) is 2.51. The van der Waals surface area contributed by atoms with E-state index in [4.69, 9.17) is 9.73 Å². The lowest BCUT2D eigenvalue weighted by Gasteiger charge is -2.48. The molecule has 0 amide bonds. The van der Waals surface area contributed by atoms with Crippen LogP contribution in [0.2, 0.25) is 0 Å². The molecule has 19 heavy (non-hydrogen) atoms. The number of fused-ring (bicyclic) bond motifs is 3. The highest BCUT2D eigenvalue weighted by Gasteiger charge is 2.49. The Morgan fingerprint density at radius 2 is 2.26 bits per heavy atom. The predicted octanol–water partition coefficient (Wildman–Crippen LogP) is 0.221. The molecule has 3 rings (SSSR count). The van der Waals surface area contributed by atoms with Gasteiger partial charge in [-0.3, -0.25) is 9.89 Å². The zero-order chi connectivity index (χ0) is 13.1. The highest BCUT2D eigenvalue weighted by Crippen LogP contribution is 2.34. The highest BCUT2D eigenvalue weighted by atomic mass is 16.5. The Morgan fingerprint density at radius 3 is 3.05 bits per heavy atom. The van der Waals surface area contributed by atoms with E-state index in [1.807, 2.05) is 0 Å². The lowest BCUT2D eigenvalue weighted by molar-refractivity contribution is 0.126. The number of nitrogens with one attached hydrogen (secondary N) is 2. The van der Waals surface area contributed by atoms with E-state index in [-0.39, 0.29) is 5.54 Å². The summed E-state index contributed by atoms with van der Waals surface area (Å²) in [6.45, 7) is 6.34. The van der Waals surface area contributed by atoms with Gasteiger partial charge in [0, 0.05) is 39.4 Å². The topological polar surface area (TPSA) is 48.9 Å². The largest absolute Gasteiger partial charge is 0.385 e. The molecule has 3 saturated heterocycles. The van der Waals surface area contributed by atoms with Crippen LogP contribution in [0.3, 0.4) is 0 Å². The molecule has 0 aromatic rings. The molecule has 5 heteroatoms. The first-order chi connectivity index (χ1) is 9.35. The van der Waals surface area contributed by atoms with Crippen molar-refractivity contribution in [1.82, 2.24) is 15.5 Å². The van der Waals surface area contributed by atoms with Crippen LogP contribution in [0.5, 0.6) is 0 Å². The Labute approximate surface area is 115 Å². The van der Waals surface area contributed by atoms with Gasteiger partial charge in [0.2, 0.25) is 0 Å². The second-order valence-corrected chi connectivity index (χ2v) is 5.93. The van der Waals surface area contributed by atoms with Crippen LogP contribution in [0, 0.1) is 0 Å². The standard InChI is InChI=1S/C14H26N4O/c1-19-10-2-6-16-13-14(4-7-15-8-5-14)18-9-3-12(11-18)17-13/h12,15H,2-11H2,1H3,(H,16,17)/t12-/m0/s1. The number of amidine groups is 1. The molecule has 1 spiro atoms. The van der Waals surface area contributed by atoms with E-state index in [9.17, 15) is 0 Å². The highest BCUT2D eigenvalue weighted by molar-refractivity contribution is 5.93. The Balaban J connectivity index is 1.75. The van der Waals surface area contributed by atoms with Crippen molar-refractivity contribution in [3.63, 3.8) is 0 Å². The van der Waals surface area contributed by atoms with Crippen LogP contribution in [0.15, 0.2) is 4.99 Å². The number of piperidine rings is 1. The van der Waals surface area contributed by atoms with Crippen LogP contribution < -0.4 is 10.6 Å². The summed E-state index contributed by atoms with van der Waals surface area (Å²) in [6.07, 6.45) is 4.67. The van der Waals surface area contributed by atoms with Gasteiger partial charge in [-0.15, -0.1) is 0 Å². The van der Waals surface area contributed by atoms with Crippen LogP contribution in [-0.4, -0.2) is 68.8 Å². The summed E-state index contributed by atoms with van der Waals surface area (Å²) in [7, 11) is 1.76. The van der Waals surface area contributed by atoms with E-state index in [2.05, 4.69) is 15.5 Å². The van der Waals surface area contributed by atoms with Gasteiger partial charge in [-0.1, -0.05) is 0 Å². The van der Waals surface area contributed by atoms with Crippen molar-refractivity contribution in [2.75, 3.05) is 46.4 Å². The Bertz CT molecular complexity index is 338. The van der Waals surface area contributed by atoms with E-state index in [1.54, 1.807) is 7.11 Å². The zero-order valence-corrected chi connectivity index (χ0v) is 12.0. The Kier molecular flexibility index (Phi) is 4.05. The first-order valence-electron chi connectivity index (χ1n) is 7.61. The van der Waals surface area contributed by atoms with Crippen LogP contribution in [0.25, 0.3) is 0 Å². The molecular weight excluding hydrogens is 240 g/mol. The van der Waals surface area contributed by atoms with Crippen LogP contribution >= 0.6 is 0 Å². The number of piperazine rings is 1. The summed E-state index contributed by atoms with van der Waals surface area (Å²) in [5.74, 6) is 1.26. The number of rotatable bonds is 4. The Morgan fingerprint density at radius 1 is 1.42 bits per heavy atom. The van der Waals surface area contributed by atoms with Gasteiger partial charge in [-0.25, -0.2) is 0 Å². The summed E-state index contributed by atoms with van der Waals surface area (Å²) in [4.78, 5) is 7.58. The van der Waals surface area contributed by atoms with Gasteiger partial charge in [0.05, 0.1) is 5.54 Å².